The Morgan fingerprint density at radius 3 is 2.59 bits per heavy atom. The molecule has 1 aromatic heterocycles. The summed E-state index contributed by atoms with van der Waals surface area (Å²) in [6.45, 7) is 1.71. The van der Waals surface area contributed by atoms with Gasteiger partial charge < -0.3 is 9.67 Å². The van der Waals surface area contributed by atoms with Gasteiger partial charge in [-0.15, -0.1) is 0 Å². The fourth-order valence-electron chi connectivity index (χ4n) is 1.93. The lowest BCUT2D eigenvalue weighted by Gasteiger charge is -1.98. The number of carboxylic acids is 1. The van der Waals surface area contributed by atoms with Gasteiger partial charge in [0.15, 0.2) is 0 Å². The van der Waals surface area contributed by atoms with Crippen LogP contribution in [0.5, 0.6) is 0 Å². The molecule has 17 heavy (non-hydrogen) atoms. The fraction of sp³-hybridized carbons (Fsp3) is 0.167. The Bertz CT molecular complexity index is 643. The molecule has 0 radical (unpaired) electrons. The van der Waals surface area contributed by atoms with Crippen molar-refractivity contribution in [2.75, 3.05) is 0 Å². The highest BCUT2D eigenvalue weighted by atomic mass is 35.5. The van der Waals surface area contributed by atoms with Crippen LogP contribution in [0.4, 0.5) is 0 Å². The van der Waals surface area contributed by atoms with E-state index in [2.05, 4.69) is 0 Å². The van der Waals surface area contributed by atoms with Crippen molar-refractivity contribution in [2.24, 2.45) is 7.05 Å². The molecule has 0 spiro atoms. The van der Waals surface area contributed by atoms with Crippen LogP contribution in [0.15, 0.2) is 18.2 Å². The minimum absolute atomic E-state index is 0.228. The zero-order chi connectivity index (χ0) is 12.7. The Morgan fingerprint density at radius 1 is 1.35 bits per heavy atom. The first-order chi connectivity index (χ1) is 7.93. The summed E-state index contributed by atoms with van der Waals surface area (Å²) in [7, 11) is 1.77. The number of carboxylic acid groups (broad SMARTS) is 1. The Labute approximate surface area is 102 Å². The largest absolute Gasteiger partial charge is 0.475 e. The van der Waals surface area contributed by atoms with Crippen molar-refractivity contribution in [2.45, 2.75) is 6.92 Å². The molecule has 0 saturated carbocycles. The maximum atomic E-state index is 11.6. The molecule has 2 aromatic rings. The molecule has 0 aliphatic rings. The van der Waals surface area contributed by atoms with Gasteiger partial charge in [0, 0.05) is 23.2 Å². The first-order valence-electron chi connectivity index (χ1n) is 4.95. The fourth-order valence-corrected chi connectivity index (χ4v) is 2.10. The van der Waals surface area contributed by atoms with Gasteiger partial charge in [-0.3, -0.25) is 4.79 Å². The quantitative estimate of drug-likeness (QED) is 0.659. The first-order valence-corrected chi connectivity index (χ1v) is 5.33. The number of Topliss-reactive ketones (excluding diaryl/α,β-unsaturated/α-hetero) is 1. The minimum atomic E-state index is -1.45. The van der Waals surface area contributed by atoms with Crippen LogP contribution in [-0.2, 0) is 11.8 Å². The molecule has 0 fully saturated rings. The van der Waals surface area contributed by atoms with E-state index in [1.807, 2.05) is 0 Å². The smallest absolute Gasteiger partial charge is 0.377 e. The SMILES string of the molecule is Cc1c(C(=O)C(=O)O)c2ccc(Cl)cc2n1C. The van der Waals surface area contributed by atoms with E-state index in [-0.39, 0.29) is 5.56 Å². The number of aliphatic carboxylic acids is 1. The highest BCUT2D eigenvalue weighted by Crippen LogP contribution is 2.27. The van der Waals surface area contributed by atoms with Crippen LogP contribution in [0.25, 0.3) is 10.9 Å². The van der Waals surface area contributed by atoms with E-state index in [4.69, 9.17) is 16.7 Å². The average Bonchev–Trinajstić information content (AvgIpc) is 2.51. The van der Waals surface area contributed by atoms with E-state index in [1.165, 1.54) is 0 Å². The molecular formula is C12H10ClNO3. The maximum absolute atomic E-state index is 11.6. The summed E-state index contributed by atoms with van der Waals surface area (Å²) >= 11 is 5.88. The predicted molar refractivity (Wildman–Crippen MR) is 64.6 cm³/mol. The van der Waals surface area contributed by atoms with Crippen LogP contribution in [0.3, 0.4) is 0 Å². The summed E-state index contributed by atoms with van der Waals surface area (Å²) in [6, 6.07) is 5.02. The number of fused-ring (bicyclic) bond motifs is 1. The first kappa shape index (κ1) is 11.7. The van der Waals surface area contributed by atoms with Crippen LogP contribution in [0.1, 0.15) is 16.1 Å². The van der Waals surface area contributed by atoms with Crippen molar-refractivity contribution < 1.29 is 14.7 Å². The highest BCUT2D eigenvalue weighted by Gasteiger charge is 2.23. The monoisotopic (exact) mass is 251 g/mol. The predicted octanol–water partition coefficient (Wildman–Crippen LogP) is 2.41. The average molecular weight is 252 g/mol. The standard InChI is InChI=1S/C12H10ClNO3/c1-6-10(11(15)12(16)17)8-4-3-7(13)5-9(8)14(6)2/h3-5H,1-2H3,(H,16,17). The van der Waals surface area contributed by atoms with Crippen molar-refractivity contribution in [1.82, 2.24) is 4.57 Å². The summed E-state index contributed by atoms with van der Waals surface area (Å²) in [5.74, 6) is -2.34. The number of aryl methyl sites for hydroxylation is 1. The van der Waals surface area contributed by atoms with Crippen molar-refractivity contribution in [3.05, 3.63) is 34.5 Å². The lowest BCUT2D eigenvalue weighted by molar-refractivity contribution is -0.131. The van der Waals surface area contributed by atoms with E-state index in [9.17, 15) is 9.59 Å². The number of hydrogen-bond donors (Lipinski definition) is 1. The van der Waals surface area contributed by atoms with Crippen LogP contribution < -0.4 is 0 Å². The summed E-state index contributed by atoms with van der Waals surface area (Å²) in [6.07, 6.45) is 0. The normalized spacial score (nSPS) is 10.8. The molecule has 0 aliphatic carbocycles. The number of nitrogens with zero attached hydrogens (tertiary/aromatic N) is 1. The molecule has 0 bridgehead atoms. The van der Waals surface area contributed by atoms with E-state index in [0.29, 0.717) is 16.1 Å². The second-order valence-electron chi connectivity index (χ2n) is 3.82. The number of hydrogen-bond acceptors (Lipinski definition) is 2. The summed E-state index contributed by atoms with van der Waals surface area (Å²) < 4.78 is 1.76. The number of carbonyl (C=O) groups excluding carboxylic acids is 1. The minimum Gasteiger partial charge on any atom is -0.475 e. The van der Waals surface area contributed by atoms with Gasteiger partial charge in [-0.25, -0.2) is 4.79 Å². The number of benzene rings is 1. The van der Waals surface area contributed by atoms with Gasteiger partial charge in [0.1, 0.15) is 0 Å². The van der Waals surface area contributed by atoms with Crippen molar-refractivity contribution >= 4 is 34.3 Å². The van der Waals surface area contributed by atoms with Gasteiger partial charge in [-0.05, 0) is 19.1 Å². The van der Waals surface area contributed by atoms with Gasteiger partial charge in [0.2, 0.25) is 0 Å². The number of ketones is 1. The summed E-state index contributed by atoms with van der Waals surface area (Å²) in [4.78, 5) is 22.4. The summed E-state index contributed by atoms with van der Waals surface area (Å²) in [5, 5.41) is 9.96. The molecule has 5 heteroatoms. The van der Waals surface area contributed by atoms with Gasteiger partial charge >= 0.3 is 5.97 Å². The third-order valence-corrected chi connectivity index (χ3v) is 3.11. The van der Waals surface area contributed by atoms with Crippen LogP contribution in [0.2, 0.25) is 5.02 Å². The van der Waals surface area contributed by atoms with Crippen molar-refractivity contribution in [3.63, 3.8) is 0 Å². The van der Waals surface area contributed by atoms with Gasteiger partial charge in [0.25, 0.3) is 5.78 Å². The van der Waals surface area contributed by atoms with Gasteiger partial charge in [0.05, 0.1) is 11.1 Å². The Morgan fingerprint density at radius 2 is 2.00 bits per heavy atom. The Balaban J connectivity index is 2.84. The number of halogens is 1. The Hall–Kier alpha value is -1.81. The molecule has 0 unspecified atom stereocenters. The van der Waals surface area contributed by atoms with E-state index in [0.717, 1.165) is 5.52 Å². The van der Waals surface area contributed by atoms with Crippen LogP contribution in [0, 0.1) is 6.92 Å². The molecule has 0 aliphatic heterocycles. The molecule has 0 atom stereocenters. The topological polar surface area (TPSA) is 59.3 Å². The number of aromatic nitrogens is 1. The second-order valence-corrected chi connectivity index (χ2v) is 4.25. The maximum Gasteiger partial charge on any atom is 0.377 e. The second kappa shape index (κ2) is 3.89. The van der Waals surface area contributed by atoms with Gasteiger partial charge in [-0.1, -0.05) is 17.7 Å². The van der Waals surface area contributed by atoms with E-state index < -0.39 is 11.8 Å². The van der Waals surface area contributed by atoms with Crippen LogP contribution in [-0.4, -0.2) is 21.4 Å². The zero-order valence-electron chi connectivity index (χ0n) is 9.32. The Kier molecular flexibility index (Phi) is 2.67. The van der Waals surface area contributed by atoms with Gasteiger partial charge in [-0.2, -0.15) is 0 Å². The third kappa shape index (κ3) is 1.70. The van der Waals surface area contributed by atoms with Crippen molar-refractivity contribution in [3.8, 4) is 0 Å². The molecule has 0 amide bonds. The van der Waals surface area contributed by atoms with Crippen LogP contribution >= 0.6 is 11.6 Å². The zero-order valence-corrected chi connectivity index (χ0v) is 10.1. The molecule has 1 heterocycles. The highest BCUT2D eigenvalue weighted by molar-refractivity contribution is 6.42. The molecule has 88 valence electrons. The molecular weight excluding hydrogens is 242 g/mol. The van der Waals surface area contributed by atoms with E-state index in [1.54, 1.807) is 36.7 Å². The lowest BCUT2D eigenvalue weighted by atomic mass is 10.1. The van der Waals surface area contributed by atoms with Crippen molar-refractivity contribution in [1.29, 1.82) is 0 Å². The molecule has 0 saturated heterocycles. The number of rotatable bonds is 2. The molecule has 2 rings (SSSR count). The summed E-state index contributed by atoms with van der Waals surface area (Å²) in [5.41, 5.74) is 1.60. The molecule has 4 nitrogen and oxygen atoms in total. The van der Waals surface area contributed by atoms with E-state index >= 15 is 0 Å². The third-order valence-electron chi connectivity index (χ3n) is 2.88. The lowest BCUT2D eigenvalue weighted by Crippen LogP contribution is -2.13. The number of carbonyl (C=O) groups is 2. The molecule has 1 aromatic carbocycles. The molecule has 1 N–H and O–H groups in total.